The van der Waals surface area contributed by atoms with Crippen molar-refractivity contribution in [3.8, 4) is 21.8 Å². The second-order valence-electron chi connectivity index (χ2n) is 10.4. The Morgan fingerprint density at radius 2 is 2.00 bits per heavy atom. The standard InChI is InChI=1S/C29H27FN4O6S2/c30-22-10-18(6-7-26(22)42(31,38)39)14-34-24(19-2-1-3-20(12-19)33-8-9-40-15-27(33)35)13-21(25(34)11-17-4-5-17)28-32-23(16-41-28)29(36)37/h1-3,6-7,10,12-13,16-17H,4-5,8-9,11,14-15H2,(H,36,37)(H2,31,38,39). The molecule has 0 bridgehead atoms. The summed E-state index contributed by atoms with van der Waals surface area (Å²) in [6, 6.07) is 13.4. The smallest absolute Gasteiger partial charge is 0.355 e. The molecule has 0 radical (unpaired) electrons. The first kappa shape index (κ1) is 28.2. The number of carboxylic acids is 1. The fourth-order valence-electron chi connectivity index (χ4n) is 5.19. The van der Waals surface area contributed by atoms with Crippen LogP contribution in [0.1, 0.15) is 34.6 Å². The van der Waals surface area contributed by atoms with Crippen molar-refractivity contribution >= 4 is 38.9 Å². The van der Waals surface area contributed by atoms with Gasteiger partial charge in [-0.1, -0.05) is 18.2 Å². The van der Waals surface area contributed by atoms with E-state index in [1.807, 2.05) is 34.9 Å². The van der Waals surface area contributed by atoms with Crippen LogP contribution >= 0.6 is 11.3 Å². The molecule has 2 aliphatic rings. The molecule has 10 nitrogen and oxygen atoms in total. The fraction of sp³-hybridized carbons (Fsp3) is 0.276. The van der Waals surface area contributed by atoms with Gasteiger partial charge in [0.2, 0.25) is 10.0 Å². The quantitative estimate of drug-likeness (QED) is 0.290. The lowest BCUT2D eigenvalue weighted by Crippen LogP contribution is -2.41. The van der Waals surface area contributed by atoms with Gasteiger partial charge in [-0.05, 0) is 61.1 Å². The second kappa shape index (κ2) is 11.1. The number of nitrogens with two attached hydrogens (primary N) is 1. The molecule has 1 amide bonds. The highest BCUT2D eigenvalue weighted by Gasteiger charge is 2.29. The molecule has 2 aromatic heterocycles. The van der Waals surface area contributed by atoms with Crippen molar-refractivity contribution in [1.29, 1.82) is 0 Å². The Balaban J connectivity index is 1.50. The molecule has 1 saturated carbocycles. The maximum atomic E-state index is 14.9. The van der Waals surface area contributed by atoms with Crippen LogP contribution in [0.15, 0.2) is 58.8 Å². The Morgan fingerprint density at radius 1 is 1.19 bits per heavy atom. The number of amides is 1. The average molecular weight is 611 g/mol. The highest BCUT2D eigenvalue weighted by atomic mass is 32.2. The second-order valence-corrected chi connectivity index (χ2v) is 12.8. The van der Waals surface area contributed by atoms with Crippen molar-refractivity contribution in [1.82, 2.24) is 9.55 Å². The molecule has 3 heterocycles. The summed E-state index contributed by atoms with van der Waals surface area (Å²) in [5, 5.41) is 16.7. The molecule has 1 aliphatic carbocycles. The monoisotopic (exact) mass is 610 g/mol. The van der Waals surface area contributed by atoms with Crippen LogP contribution < -0.4 is 10.0 Å². The predicted octanol–water partition coefficient (Wildman–Crippen LogP) is 4.13. The van der Waals surface area contributed by atoms with E-state index < -0.39 is 26.7 Å². The van der Waals surface area contributed by atoms with Gasteiger partial charge in [-0.2, -0.15) is 0 Å². The molecule has 0 unspecified atom stereocenters. The number of rotatable bonds is 9. The number of anilines is 1. The molecule has 0 spiro atoms. The van der Waals surface area contributed by atoms with Crippen molar-refractivity contribution in [3.05, 3.63) is 76.7 Å². The molecule has 3 N–H and O–H groups in total. The lowest BCUT2D eigenvalue weighted by atomic mass is 10.1. The van der Waals surface area contributed by atoms with Crippen molar-refractivity contribution in [2.75, 3.05) is 24.7 Å². The number of hydrogen-bond acceptors (Lipinski definition) is 7. The lowest BCUT2D eigenvalue weighted by Gasteiger charge is -2.27. The van der Waals surface area contributed by atoms with Gasteiger partial charge >= 0.3 is 5.97 Å². The number of morpholine rings is 1. The number of aromatic carboxylic acids is 1. The molecule has 218 valence electrons. The number of carbonyl (C=O) groups excluding carboxylic acids is 1. The van der Waals surface area contributed by atoms with Crippen molar-refractivity contribution in [2.45, 2.75) is 30.7 Å². The molecule has 2 fully saturated rings. The Hall–Kier alpha value is -3.91. The minimum absolute atomic E-state index is 0.00628. The van der Waals surface area contributed by atoms with Crippen LogP contribution in [0.4, 0.5) is 10.1 Å². The van der Waals surface area contributed by atoms with Crippen molar-refractivity contribution < 1.29 is 32.2 Å². The number of carboxylic acid groups (broad SMARTS) is 1. The first-order valence-corrected chi connectivity index (χ1v) is 15.7. The normalized spacial score (nSPS) is 15.8. The van der Waals surface area contributed by atoms with Gasteiger partial charge < -0.3 is 19.3 Å². The topological polar surface area (TPSA) is 145 Å². The number of halogens is 1. The zero-order chi connectivity index (χ0) is 29.6. The molecule has 2 aromatic carbocycles. The molecule has 1 saturated heterocycles. The minimum Gasteiger partial charge on any atom is -0.476 e. The number of sulfonamides is 1. The van der Waals surface area contributed by atoms with Gasteiger partial charge in [-0.25, -0.2) is 27.7 Å². The molecule has 4 aromatic rings. The summed E-state index contributed by atoms with van der Waals surface area (Å²) >= 11 is 1.24. The van der Waals surface area contributed by atoms with Crippen molar-refractivity contribution in [2.24, 2.45) is 11.1 Å². The maximum Gasteiger partial charge on any atom is 0.355 e. The van der Waals surface area contributed by atoms with Crippen LogP contribution in [0.5, 0.6) is 0 Å². The van der Waals surface area contributed by atoms with Gasteiger partial charge in [0.05, 0.1) is 6.61 Å². The molecule has 0 atom stereocenters. The van der Waals surface area contributed by atoms with Crippen molar-refractivity contribution in [3.63, 3.8) is 0 Å². The molecule has 13 heteroatoms. The first-order chi connectivity index (χ1) is 20.1. The molecular weight excluding hydrogens is 583 g/mol. The summed E-state index contributed by atoms with van der Waals surface area (Å²) in [7, 11) is -4.22. The van der Waals surface area contributed by atoms with Crippen LogP contribution in [0.2, 0.25) is 0 Å². The van der Waals surface area contributed by atoms with E-state index in [1.54, 1.807) is 4.90 Å². The van der Waals surface area contributed by atoms with E-state index in [1.165, 1.54) is 28.8 Å². The Bertz CT molecular complexity index is 1810. The Kier molecular flexibility index (Phi) is 7.43. The highest BCUT2D eigenvalue weighted by Crippen LogP contribution is 2.41. The number of hydrogen-bond donors (Lipinski definition) is 2. The molecule has 6 rings (SSSR count). The third-order valence-corrected chi connectivity index (χ3v) is 9.24. The van der Waals surface area contributed by atoms with Crippen LogP contribution in [0.3, 0.4) is 0 Å². The Labute approximate surface area is 245 Å². The Morgan fingerprint density at radius 3 is 2.67 bits per heavy atom. The van der Waals surface area contributed by atoms with E-state index in [-0.39, 0.29) is 24.8 Å². The number of carbonyl (C=O) groups is 2. The summed E-state index contributed by atoms with van der Waals surface area (Å²) in [5.41, 5.74) is 4.45. The number of thiazole rings is 1. The van der Waals surface area contributed by atoms with Gasteiger partial charge in [-0.15, -0.1) is 11.3 Å². The number of nitrogens with zero attached hydrogens (tertiary/aromatic N) is 3. The summed E-state index contributed by atoms with van der Waals surface area (Å²) < 4.78 is 45.8. The van der Waals surface area contributed by atoms with Gasteiger partial charge in [0, 0.05) is 46.7 Å². The van der Waals surface area contributed by atoms with Gasteiger partial charge in [-0.3, -0.25) is 4.79 Å². The van der Waals surface area contributed by atoms with E-state index in [0.717, 1.165) is 41.4 Å². The third-order valence-electron chi connectivity index (χ3n) is 7.42. The van der Waals surface area contributed by atoms with Crippen LogP contribution in [-0.4, -0.2) is 54.7 Å². The zero-order valence-corrected chi connectivity index (χ0v) is 24.0. The first-order valence-electron chi connectivity index (χ1n) is 13.3. The van der Waals surface area contributed by atoms with E-state index in [0.29, 0.717) is 41.7 Å². The van der Waals surface area contributed by atoms with E-state index >= 15 is 0 Å². The third kappa shape index (κ3) is 5.73. The SMILES string of the molecule is NS(=O)(=O)c1ccc(Cn2c(-c3cccc(N4CCOCC4=O)c3)cc(-c3nc(C(=O)O)cs3)c2CC2CC2)cc1F. The molecule has 42 heavy (non-hydrogen) atoms. The van der Waals surface area contributed by atoms with E-state index in [4.69, 9.17) is 9.88 Å². The van der Waals surface area contributed by atoms with E-state index in [9.17, 15) is 27.5 Å². The number of aromatic nitrogens is 2. The summed E-state index contributed by atoms with van der Waals surface area (Å²) in [6.45, 7) is 1.07. The highest BCUT2D eigenvalue weighted by molar-refractivity contribution is 7.89. The number of benzene rings is 2. The summed E-state index contributed by atoms with van der Waals surface area (Å²) in [5.74, 6) is -1.75. The van der Waals surface area contributed by atoms with Crippen LogP contribution in [-0.2, 0) is 32.5 Å². The van der Waals surface area contributed by atoms with Crippen LogP contribution in [0, 0.1) is 11.7 Å². The molecular formula is C29H27FN4O6S2. The van der Waals surface area contributed by atoms with Gasteiger partial charge in [0.25, 0.3) is 5.91 Å². The van der Waals surface area contributed by atoms with E-state index in [2.05, 4.69) is 4.98 Å². The summed E-state index contributed by atoms with van der Waals surface area (Å²) in [4.78, 5) is 29.6. The zero-order valence-electron chi connectivity index (χ0n) is 22.3. The van der Waals surface area contributed by atoms with Crippen LogP contribution in [0.25, 0.3) is 21.8 Å². The minimum atomic E-state index is -4.22. The fourth-order valence-corrected chi connectivity index (χ4v) is 6.61. The number of primary sulfonamides is 1. The predicted molar refractivity (Wildman–Crippen MR) is 154 cm³/mol. The largest absolute Gasteiger partial charge is 0.476 e. The summed E-state index contributed by atoms with van der Waals surface area (Å²) in [6.07, 6.45) is 2.83. The van der Waals surface area contributed by atoms with Gasteiger partial charge in [0.1, 0.15) is 22.3 Å². The molecule has 1 aliphatic heterocycles. The average Bonchev–Trinajstić information content (AvgIpc) is 3.50. The van der Waals surface area contributed by atoms with Gasteiger partial charge in [0.15, 0.2) is 5.69 Å². The lowest BCUT2D eigenvalue weighted by molar-refractivity contribution is -0.125. The maximum absolute atomic E-state index is 14.9. The number of ether oxygens (including phenoxy) is 1.